The van der Waals surface area contributed by atoms with Crippen molar-refractivity contribution in [1.82, 2.24) is 0 Å². The molecular weight excluding hydrogens is 495 g/mol. The number of carbonyl (C=O) groups is 2. The summed E-state index contributed by atoms with van der Waals surface area (Å²) in [5.74, 6) is -0.855. The quantitative estimate of drug-likeness (QED) is 0.287. The van der Waals surface area contributed by atoms with Crippen LogP contribution in [0.4, 0.5) is 8.78 Å². The minimum Gasteiger partial charge on any atom is -0.870 e. The molecule has 3 aromatic rings. The molecule has 34 heavy (non-hydrogen) atoms. The monoisotopic (exact) mass is 513 g/mol. The van der Waals surface area contributed by atoms with Crippen molar-refractivity contribution in [2.45, 2.75) is 19.1 Å². The Balaban J connectivity index is 0.00000408. The van der Waals surface area contributed by atoms with E-state index in [9.17, 15) is 18.4 Å². The number of halogens is 4. The lowest BCUT2D eigenvalue weighted by Gasteiger charge is -2.21. The van der Waals surface area contributed by atoms with Crippen LogP contribution in [0.15, 0.2) is 54.9 Å². The Morgan fingerprint density at radius 2 is 1.79 bits per heavy atom. The van der Waals surface area contributed by atoms with E-state index in [2.05, 4.69) is 9.72 Å². The van der Waals surface area contributed by atoms with E-state index < -0.39 is 18.7 Å². The first-order valence-corrected chi connectivity index (χ1v) is 10.3. The second-order valence-corrected chi connectivity index (χ2v) is 7.57. The molecule has 1 aromatic heterocycles. The van der Waals surface area contributed by atoms with Crippen molar-refractivity contribution < 1.29 is 43.0 Å². The molecule has 2 aromatic carbocycles. The van der Waals surface area contributed by atoms with Gasteiger partial charge in [-0.05, 0) is 29.8 Å². The van der Waals surface area contributed by atoms with Crippen LogP contribution < -0.4 is 14.5 Å². The number of hydrogen-bond donors (Lipinski definition) is 0. The van der Waals surface area contributed by atoms with Gasteiger partial charge in [-0.1, -0.05) is 41.4 Å². The molecule has 0 fully saturated rings. The Morgan fingerprint density at radius 1 is 1.09 bits per heavy atom. The molecule has 0 saturated heterocycles. The number of nitrogens with one attached hydrogen (secondary N) is 1. The number of ether oxygens (including phenoxy) is 3. The van der Waals surface area contributed by atoms with Gasteiger partial charge in [0, 0.05) is 17.5 Å². The fourth-order valence-electron chi connectivity index (χ4n) is 3.10. The number of aromatic nitrogens is 1. The number of H-pyrrole nitrogens is 1. The maximum absolute atomic E-state index is 12.9. The van der Waals surface area contributed by atoms with E-state index in [-0.39, 0.29) is 29.0 Å². The van der Waals surface area contributed by atoms with E-state index in [1.807, 2.05) is 0 Å². The molecule has 0 amide bonds. The van der Waals surface area contributed by atoms with Crippen LogP contribution in [0, 0.1) is 0 Å². The normalized spacial score (nSPS) is 11.4. The Kier molecular flexibility index (Phi) is 9.73. The minimum absolute atomic E-state index is 0. The third-order valence-electron chi connectivity index (χ3n) is 4.67. The Labute approximate surface area is 203 Å². The highest BCUT2D eigenvalue weighted by Gasteiger charge is 2.24. The van der Waals surface area contributed by atoms with Crippen molar-refractivity contribution in [2.75, 3.05) is 7.11 Å². The summed E-state index contributed by atoms with van der Waals surface area (Å²) in [6.45, 7) is -3.04. The molecule has 7 nitrogen and oxygen atoms in total. The van der Waals surface area contributed by atoms with Crippen molar-refractivity contribution in [2.24, 2.45) is 0 Å². The first kappa shape index (κ1) is 27.0. The fraction of sp³-hybridized carbons (Fsp3) is 0.174. The molecule has 0 radical (unpaired) electrons. The summed E-state index contributed by atoms with van der Waals surface area (Å²) in [5.41, 5.74) is 1.39. The van der Waals surface area contributed by atoms with Crippen LogP contribution >= 0.6 is 23.2 Å². The zero-order chi connectivity index (χ0) is 24.0. The molecule has 1 heterocycles. The number of esters is 1. The smallest absolute Gasteiger partial charge is 0.387 e. The van der Waals surface area contributed by atoms with Gasteiger partial charge in [0.25, 0.3) is 0 Å². The number of aldehydes is 1. The molecule has 0 aliphatic heterocycles. The van der Waals surface area contributed by atoms with Crippen LogP contribution in [0.3, 0.4) is 0 Å². The van der Waals surface area contributed by atoms with Crippen LogP contribution in [-0.4, -0.2) is 31.5 Å². The summed E-state index contributed by atoms with van der Waals surface area (Å²) in [7, 11) is 1.30. The van der Waals surface area contributed by atoms with Crippen LogP contribution in [-0.2, 0) is 11.2 Å². The highest BCUT2D eigenvalue weighted by Crippen LogP contribution is 2.36. The number of methoxy groups -OCH3 is 1. The van der Waals surface area contributed by atoms with E-state index in [0.29, 0.717) is 33.0 Å². The predicted octanol–water partition coefficient (Wildman–Crippen LogP) is 5.19. The van der Waals surface area contributed by atoms with Crippen LogP contribution in [0.1, 0.15) is 37.9 Å². The van der Waals surface area contributed by atoms with Crippen molar-refractivity contribution in [3.8, 4) is 11.5 Å². The van der Waals surface area contributed by atoms with E-state index >= 15 is 0 Å². The van der Waals surface area contributed by atoms with Gasteiger partial charge in [0.15, 0.2) is 23.9 Å². The van der Waals surface area contributed by atoms with Gasteiger partial charge in [-0.25, -0.2) is 9.78 Å². The van der Waals surface area contributed by atoms with Gasteiger partial charge in [0.1, 0.15) is 22.4 Å². The molecule has 180 valence electrons. The number of aromatic amines is 1. The highest BCUT2D eigenvalue weighted by molar-refractivity contribution is 6.35. The van der Waals surface area contributed by atoms with E-state index in [0.717, 1.165) is 0 Å². The molecule has 1 atom stereocenters. The van der Waals surface area contributed by atoms with Gasteiger partial charge in [-0.15, -0.1) is 0 Å². The van der Waals surface area contributed by atoms with Crippen LogP contribution in [0.2, 0.25) is 10.0 Å². The highest BCUT2D eigenvalue weighted by atomic mass is 35.5. The molecule has 11 heteroatoms. The van der Waals surface area contributed by atoms with E-state index in [1.54, 1.807) is 12.1 Å². The summed E-state index contributed by atoms with van der Waals surface area (Å²) < 4.78 is 40.7. The predicted molar refractivity (Wildman–Crippen MR) is 118 cm³/mol. The largest absolute Gasteiger partial charge is 0.870 e. The van der Waals surface area contributed by atoms with Crippen molar-refractivity contribution in [3.63, 3.8) is 0 Å². The lowest BCUT2D eigenvalue weighted by atomic mass is 10.0. The van der Waals surface area contributed by atoms with Gasteiger partial charge in [0.05, 0.1) is 12.7 Å². The van der Waals surface area contributed by atoms with Crippen molar-refractivity contribution >= 4 is 35.5 Å². The average Bonchev–Trinajstić information content (AvgIpc) is 2.80. The van der Waals surface area contributed by atoms with E-state index in [1.165, 1.54) is 49.8 Å². The Bertz CT molecular complexity index is 1140. The van der Waals surface area contributed by atoms with Gasteiger partial charge >= 0.3 is 12.6 Å². The van der Waals surface area contributed by atoms with Gasteiger partial charge in [0.2, 0.25) is 0 Å². The molecule has 0 aliphatic rings. The third kappa shape index (κ3) is 6.63. The molecule has 3 rings (SSSR count). The molecule has 0 spiro atoms. The number of carbonyl (C=O) groups excluding carboxylic acids is 2. The molecular formula is C23H19Cl2F2NO6. The zero-order valence-electron chi connectivity index (χ0n) is 17.6. The summed E-state index contributed by atoms with van der Waals surface area (Å²) in [5, 5.41) is 0.632. The summed E-state index contributed by atoms with van der Waals surface area (Å²) in [6.07, 6.45) is 2.80. The molecule has 0 saturated carbocycles. The lowest BCUT2D eigenvalue weighted by Crippen LogP contribution is -2.16. The maximum Gasteiger partial charge on any atom is 0.387 e. The number of rotatable bonds is 9. The second-order valence-electron chi connectivity index (χ2n) is 6.76. The molecule has 0 unspecified atom stereocenters. The first-order valence-electron chi connectivity index (χ1n) is 9.55. The topological polar surface area (TPSA) is 106 Å². The molecule has 2 N–H and O–H groups in total. The lowest BCUT2D eigenvalue weighted by molar-refractivity contribution is -0.377. The SMILES string of the molecule is COc1cc([C@H](Cc2c(Cl)c[nH+]cc2Cl)OC(=O)c2cccc(C=O)c2)ccc1OC(F)F.[OH-]. The van der Waals surface area contributed by atoms with Gasteiger partial charge < -0.3 is 19.7 Å². The number of hydrogen-bond acceptors (Lipinski definition) is 6. The standard InChI is InChI=1S/C23H17Cl2F2NO5.H2O/c1-31-21-8-14(5-6-19(21)33-23(26)27)20(9-16-17(24)10-28-11-18(16)25)32-22(30)15-4-2-3-13(7-15)12-29;/h2-8,10-12,20,23H,9H2,1H3;1H2/t20-;/m0./s1. The van der Waals surface area contributed by atoms with Crippen molar-refractivity contribution in [3.05, 3.63) is 87.2 Å². The number of alkyl halides is 2. The molecule has 0 aliphatic carbocycles. The second kappa shape index (κ2) is 12.3. The minimum atomic E-state index is -3.04. The summed E-state index contributed by atoms with van der Waals surface area (Å²) >= 11 is 12.5. The third-order valence-corrected chi connectivity index (χ3v) is 5.34. The summed E-state index contributed by atoms with van der Waals surface area (Å²) in [4.78, 5) is 26.7. The fourth-order valence-corrected chi connectivity index (χ4v) is 3.63. The van der Waals surface area contributed by atoms with Gasteiger partial charge in [-0.2, -0.15) is 8.78 Å². The maximum atomic E-state index is 12.9. The van der Waals surface area contributed by atoms with Gasteiger partial charge in [-0.3, -0.25) is 4.79 Å². The van der Waals surface area contributed by atoms with E-state index in [4.69, 9.17) is 32.7 Å². The van der Waals surface area contributed by atoms with Crippen molar-refractivity contribution in [1.29, 1.82) is 0 Å². The molecule has 0 bridgehead atoms. The van der Waals surface area contributed by atoms with Crippen LogP contribution in [0.5, 0.6) is 11.5 Å². The Morgan fingerprint density at radius 3 is 2.41 bits per heavy atom. The average molecular weight is 514 g/mol. The zero-order valence-corrected chi connectivity index (χ0v) is 19.1. The number of benzene rings is 2. The number of pyridine rings is 1. The Hall–Kier alpha value is -3.27. The van der Waals surface area contributed by atoms with Crippen LogP contribution in [0.25, 0.3) is 0 Å². The first-order chi connectivity index (χ1) is 15.8. The summed E-state index contributed by atoms with van der Waals surface area (Å²) in [6, 6.07) is 10.2.